The van der Waals surface area contributed by atoms with Crippen LogP contribution in [-0.2, 0) is 6.42 Å². The monoisotopic (exact) mass is 298 g/mol. The Hall–Kier alpha value is -2.22. The van der Waals surface area contributed by atoms with Gasteiger partial charge in [-0.1, -0.05) is 6.07 Å². The molecule has 6 nitrogen and oxygen atoms in total. The van der Waals surface area contributed by atoms with E-state index in [1.165, 1.54) is 0 Å². The molecule has 4 aromatic heterocycles. The summed E-state index contributed by atoms with van der Waals surface area (Å²) in [5.74, 6) is 5.75. The van der Waals surface area contributed by atoms with Crippen molar-refractivity contribution in [1.82, 2.24) is 24.4 Å². The lowest BCUT2D eigenvalue weighted by Gasteiger charge is -2.13. The van der Waals surface area contributed by atoms with Gasteiger partial charge in [0.25, 0.3) is 0 Å². The summed E-state index contributed by atoms with van der Waals surface area (Å²) in [6, 6.07) is 5.98. The average Bonchev–Trinajstić information content (AvgIpc) is 3.18. The average molecular weight is 298 g/mol. The van der Waals surface area contributed by atoms with Crippen LogP contribution in [0.15, 0.2) is 48.4 Å². The molecule has 3 N–H and O–H groups in total. The zero-order valence-electron chi connectivity index (χ0n) is 11.2. The standard InChI is InChI=1S/C14H14N6S/c15-18-12(7-10-9-19-5-6-21-14(19)17-10)11-8-16-20-4-2-1-3-13(11)20/h1-6,8-9,12,18H,7,15H2. The highest BCUT2D eigenvalue weighted by Crippen LogP contribution is 2.22. The number of hydrogen-bond acceptors (Lipinski definition) is 5. The van der Waals surface area contributed by atoms with Gasteiger partial charge in [0, 0.05) is 36.0 Å². The van der Waals surface area contributed by atoms with Crippen LogP contribution in [0.5, 0.6) is 0 Å². The van der Waals surface area contributed by atoms with Crippen molar-refractivity contribution in [3.8, 4) is 0 Å². The van der Waals surface area contributed by atoms with Crippen LogP contribution in [0.25, 0.3) is 10.5 Å². The number of nitrogens with two attached hydrogens (primary N) is 1. The van der Waals surface area contributed by atoms with Crippen molar-refractivity contribution in [2.75, 3.05) is 0 Å². The summed E-state index contributed by atoms with van der Waals surface area (Å²) in [5, 5.41) is 6.38. The summed E-state index contributed by atoms with van der Waals surface area (Å²) in [4.78, 5) is 5.61. The van der Waals surface area contributed by atoms with E-state index in [0.29, 0.717) is 0 Å². The van der Waals surface area contributed by atoms with Crippen LogP contribution in [0.2, 0.25) is 0 Å². The highest BCUT2D eigenvalue weighted by Gasteiger charge is 2.17. The molecule has 4 aromatic rings. The molecule has 4 heterocycles. The third kappa shape index (κ3) is 2.11. The molecule has 0 spiro atoms. The van der Waals surface area contributed by atoms with E-state index in [9.17, 15) is 0 Å². The van der Waals surface area contributed by atoms with Crippen molar-refractivity contribution >= 4 is 21.8 Å². The topological polar surface area (TPSA) is 72.6 Å². The van der Waals surface area contributed by atoms with Gasteiger partial charge in [-0.25, -0.2) is 9.50 Å². The van der Waals surface area contributed by atoms with Gasteiger partial charge in [-0.3, -0.25) is 15.7 Å². The summed E-state index contributed by atoms with van der Waals surface area (Å²) < 4.78 is 3.88. The fourth-order valence-electron chi connectivity index (χ4n) is 2.57. The molecule has 0 aliphatic carbocycles. The Bertz CT molecular complexity index is 860. The Morgan fingerprint density at radius 2 is 2.29 bits per heavy atom. The Balaban J connectivity index is 1.69. The van der Waals surface area contributed by atoms with Crippen molar-refractivity contribution in [2.45, 2.75) is 12.5 Å². The predicted octanol–water partition coefficient (Wildman–Crippen LogP) is 1.79. The fourth-order valence-corrected chi connectivity index (χ4v) is 3.28. The summed E-state index contributed by atoms with van der Waals surface area (Å²) >= 11 is 1.63. The molecule has 0 aliphatic rings. The first-order chi connectivity index (χ1) is 10.3. The molecule has 0 radical (unpaired) electrons. The van der Waals surface area contributed by atoms with Crippen molar-refractivity contribution in [2.24, 2.45) is 5.84 Å². The van der Waals surface area contributed by atoms with Gasteiger partial charge >= 0.3 is 0 Å². The van der Waals surface area contributed by atoms with Crippen LogP contribution in [0, 0.1) is 0 Å². The second-order valence-corrected chi connectivity index (χ2v) is 5.75. The molecule has 4 rings (SSSR count). The number of hydrazine groups is 1. The minimum absolute atomic E-state index is 0.0190. The van der Waals surface area contributed by atoms with E-state index in [0.717, 1.165) is 28.2 Å². The lowest BCUT2D eigenvalue weighted by molar-refractivity contribution is 0.550. The Morgan fingerprint density at radius 1 is 1.33 bits per heavy atom. The molecule has 0 fully saturated rings. The van der Waals surface area contributed by atoms with E-state index >= 15 is 0 Å². The van der Waals surface area contributed by atoms with Gasteiger partial charge in [0.05, 0.1) is 23.4 Å². The summed E-state index contributed by atoms with van der Waals surface area (Å²) in [6.45, 7) is 0. The van der Waals surface area contributed by atoms with Crippen LogP contribution in [0.4, 0.5) is 0 Å². The number of rotatable bonds is 4. The molecule has 0 bridgehead atoms. The molecule has 1 unspecified atom stereocenters. The van der Waals surface area contributed by atoms with Crippen LogP contribution in [0.1, 0.15) is 17.3 Å². The molecule has 1 atom stereocenters. The summed E-state index contributed by atoms with van der Waals surface area (Å²) in [6.07, 6.45) is 8.57. The molecular weight excluding hydrogens is 284 g/mol. The number of nitrogens with one attached hydrogen (secondary N) is 1. The van der Waals surface area contributed by atoms with Crippen LogP contribution < -0.4 is 11.3 Å². The first-order valence-electron chi connectivity index (χ1n) is 6.64. The van der Waals surface area contributed by atoms with E-state index < -0.39 is 0 Å². The van der Waals surface area contributed by atoms with E-state index in [2.05, 4.69) is 15.5 Å². The van der Waals surface area contributed by atoms with E-state index in [-0.39, 0.29) is 6.04 Å². The largest absolute Gasteiger partial charge is 0.297 e. The highest BCUT2D eigenvalue weighted by molar-refractivity contribution is 7.15. The maximum atomic E-state index is 5.75. The minimum atomic E-state index is -0.0190. The van der Waals surface area contributed by atoms with Crippen molar-refractivity contribution < 1.29 is 0 Å². The first kappa shape index (κ1) is 12.5. The number of hydrogen-bond donors (Lipinski definition) is 2. The molecule has 0 aliphatic heterocycles. The van der Waals surface area contributed by atoms with Crippen molar-refractivity contribution in [3.63, 3.8) is 0 Å². The molecule has 0 saturated carbocycles. The fraction of sp³-hybridized carbons (Fsp3) is 0.143. The third-order valence-electron chi connectivity index (χ3n) is 3.59. The lowest BCUT2D eigenvalue weighted by atomic mass is 10.0. The SMILES string of the molecule is NNC(Cc1cn2ccsc2n1)c1cnn2ccccc12. The van der Waals surface area contributed by atoms with Crippen LogP contribution in [0.3, 0.4) is 0 Å². The van der Waals surface area contributed by atoms with Gasteiger partial charge in [0.2, 0.25) is 0 Å². The number of fused-ring (bicyclic) bond motifs is 2. The molecule has 0 aromatic carbocycles. The minimum Gasteiger partial charge on any atom is -0.297 e. The van der Waals surface area contributed by atoms with Gasteiger partial charge in [0.1, 0.15) is 0 Å². The van der Waals surface area contributed by atoms with Gasteiger partial charge in [-0.05, 0) is 12.1 Å². The van der Waals surface area contributed by atoms with Gasteiger partial charge in [-0.15, -0.1) is 11.3 Å². The van der Waals surface area contributed by atoms with Crippen molar-refractivity contribution in [3.05, 3.63) is 59.6 Å². The second-order valence-electron chi connectivity index (χ2n) is 4.88. The first-order valence-corrected chi connectivity index (χ1v) is 7.52. The predicted molar refractivity (Wildman–Crippen MR) is 82.0 cm³/mol. The molecule has 7 heteroatoms. The zero-order chi connectivity index (χ0) is 14.2. The normalized spacial score (nSPS) is 13.2. The smallest absolute Gasteiger partial charge is 0.193 e. The molecule has 0 saturated heterocycles. The third-order valence-corrected chi connectivity index (χ3v) is 4.36. The molecular formula is C14H14N6S. The second kappa shape index (κ2) is 4.96. The number of aromatic nitrogens is 4. The van der Waals surface area contributed by atoms with Crippen molar-refractivity contribution in [1.29, 1.82) is 0 Å². The number of imidazole rings is 1. The number of nitrogens with zero attached hydrogens (tertiary/aromatic N) is 4. The quantitative estimate of drug-likeness (QED) is 0.445. The maximum Gasteiger partial charge on any atom is 0.193 e. The lowest BCUT2D eigenvalue weighted by Crippen LogP contribution is -2.29. The number of pyridine rings is 1. The zero-order valence-corrected chi connectivity index (χ0v) is 12.0. The summed E-state index contributed by atoms with van der Waals surface area (Å²) in [5.41, 5.74) is 6.03. The highest BCUT2D eigenvalue weighted by atomic mass is 32.1. The van der Waals surface area contributed by atoms with E-state index in [1.54, 1.807) is 11.3 Å². The van der Waals surface area contributed by atoms with E-state index in [1.807, 2.05) is 57.3 Å². The van der Waals surface area contributed by atoms with Gasteiger partial charge in [-0.2, -0.15) is 5.10 Å². The van der Waals surface area contributed by atoms with E-state index in [4.69, 9.17) is 5.84 Å². The Kier molecular flexibility index (Phi) is 2.95. The van der Waals surface area contributed by atoms with Gasteiger partial charge in [0.15, 0.2) is 4.96 Å². The summed E-state index contributed by atoms with van der Waals surface area (Å²) in [7, 11) is 0. The maximum absolute atomic E-state index is 5.75. The van der Waals surface area contributed by atoms with Gasteiger partial charge < -0.3 is 0 Å². The van der Waals surface area contributed by atoms with Crippen LogP contribution >= 0.6 is 11.3 Å². The Morgan fingerprint density at radius 3 is 3.14 bits per heavy atom. The van der Waals surface area contributed by atoms with Crippen LogP contribution in [-0.4, -0.2) is 19.0 Å². The Labute approximate surface area is 124 Å². The molecule has 106 valence electrons. The molecule has 21 heavy (non-hydrogen) atoms. The molecule has 0 amide bonds. The number of thiazole rings is 1.